The third-order valence-electron chi connectivity index (χ3n) is 3.36. The van der Waals surface area contributed by atoms with Crippen LogP contribution in [0.15, 0.2) is 24.3 Å². The highest BCUT2D eigenvalue weighted by Gasteiger charge is 2.17. The van der Waals surface area contributed by atoms with Crippen molar-refractivity contribution in [3.05, 3.63) is 24.3 Å². The second kappa shape index (κ2) is 8.73. The van der Waals surface area contributed by atoms with E-state index in [-0.39, 0.29) is 12.0 Å². The summed E-state index contributed by atoms with van der Waals surface area (Å²) in [5.74, 6) is 0.773. The Morgan fingerprint density at radius 2 is 2.18 bits per heavy atom. The second-order valence-electron chi connectivity index (χ2n) is 5.63. The number of hydrogen-bond acceptors (Lipinski definition) is 5. The Hall–Kier alpha value is -1.63. The van der Waals surface area contributed by atoms with Crippen LogP contribution in [0, 0.1) is 0 Å². The number of hydrogen-bond donors (Lipinski definition) is 2. The van der Waals surface area contributed by atoms with E-state index in [1.54, 1.807) is 0 Å². The molecule has 6 nitrogen and oxygen atoms in total. The van der Waals surface area contributed by atoms with E-state index in [1.807, 2.05) is 38.4 Å². The number of nitrogens with zero attached hydrogens (tertiary/aromatic N) is 1. The Labute approximate surface area is 131 Å². The van der Waals surface area contributed by atoms with E-state index in [0.29, 0.717) is 19.6 Å². The van der Waals surface area contributed by atoms with Gasteiger partial charge in [-0.15, -0.1) is 0 Å². The van der Waals surface area contributed by atoms with Crippen molar-refractivity contribution >= 4 is 11.6 Å². The maximum absolute atomic E-state index is 12.0. The third kappa shape index (κ3) is 6.01. The van der Waals surface area contributed by atoms with Gasteiger partial charge in [-0.1, -0.05) is 0 Å². The van der Waals surface area contributed by atoms with Crippen molar-refractivity contribution in [1.82, 2.24) is 10.2 Å². The first-order valence-corrected chi connectivity index (χ1v) is 7.63. The molecule has 2 rings (SSSR count). The minimum atomic E-state index is -0.0395. The standard InChI is InChI=1S/C16H25N3O3/c1-19(2)8-10-22-14-5-3-13(4-6-14)18-16(20)11-15-12-17-7-9-21-15/h3-6,15,17H,7-12H2,1-2H3,(H,18,20). The molecule has 1 amide bonds. The van der Waals surface area contributed by atoms with Gasteiger partial charge in [0.15, 0.2) is 0 Å². The van der Waals surface area contributed by atoms with Gasteiger partial charge >= 0.3 is 0 Å². The monoisotopic (exact) mass is 307 g/mol. The Balaban J connectivity index is 1.74. The molecule has 2 N–H and O–H groups in total. The number of likely N-dealkylation sites (N-methyl/N-ethyl adjacent to an activating group) is 1. The number of carbonyl (C=O) groups excluding carboxylic acids is 1. The summed E-state index contributed by atoms with van der Waals surface area (Å²) in [7, 11) is 4.01. The number of rotatable bonds is 7. The van der Waals surface area contributed by atoms with E-state index < -0.39 is 0 Å². The molecule has 1 heterocycles. The summed E-state index contributed by atoms with van der Waals surface area (Å²) in [5.41, 5.74) is 0.772. The van der Waals surface area contributed by atoms with Crippen LogP contribution in [0.4, 0.5) is 5.69 Å². The smallest absolute Gasteiger partial charge is 0.227 e. The zero-order valence-corrected chi connectivity index (χ0v) is 13.3. The molecule has 1 saturated heterocycles. The third-order valence-corrected chi connectivity index (χ3v) is 3.36. The van der Waals surface area contributed by atoms with Crippen molar-refractivity contribution in [2.24, 2.45) is 0 Å². The quantitative estimate of drug-likeness (QED) is 0.785. The van der Waals surface area contributed by atoms with Crippen molar-refractivity contribution < 1.29 is 14.3 Å². The van der Waals surface area contributed by atoms with Gasteiger partial charge in [-0.25, -0.2) is 0 Å². The molecule has 0 radical (unpaired) electrons. The van der Waals surface area contributed by atoms with Crippen LogP contribution in [0.2, 0.25) is 0 Å². The van der Waals surface area contributed by atoms with Crippen molar-refractivity contribution in [1.29, 1.82) is 0 Å². The first-order valence-electron chi connectivity index (χ1n) is 7.63. The lowest BCUT2D eigenvalue weighted by Crippen LogP contribution is -2.40. The zero-order valence-electron chi connectivity index (χ0n) is 13.3. The number of ether oxygens (including phenoxy) is 2. The molecule has 1 aliphatic heterocycles. The number of carbonyl (C=O) groups is 1. The van der Waals surface area contributed by atoms with Gasteiger partial charge in [-0.3, -0.25) is 4.79 Å². The number of benzene rings is 1. The molecule has 1 aromatic rings. The number of anilines is 1. The van der Waals surface area contributed by atoms with Crippen LogP contribution in [-0.4, -0.2) is 63.9 Å². The van der Waals surface area contributed by atoms with Gasteiger partial charge in [0.1, 0.15) is 12.4 Å². The summed E-state index contributed by atoms with van der Waals surface area (Å²) in [6, 6.07) is 7.43. The van der Waals surface area contributed by atoms with Gasteiger partial charge < -0.3 is 25.0 Å². The lowest BCUT2D eigenvalue weighted by Gasteiger charge is -2.23. The summed E-state index contributed by atoms with van der Waals surface area (Å²) >= 11 is 0. The summed E-state index contributed by atoms with van der Waals surface area (Å²) in [6.07, 6.45) is 0.330. The van der Waals surface area contributed by atoms with Crippen LogP contribution in [0.1, 0.15) is 6.42 Å². The summed E-state index contributed by atoms with van der Waals surface area (Å²) in [5, 5.41) is 6.09. The minimum Gasteiger partial charge on any atom is -0.492 e. The molecule has 0 bridgehead atoms. The van der Waals surface area contributed by atoms with Crippen molar-refractivity contribution in [3.63, 3.8) is 0 Å². The molecule has 122 valence electrons. The van der Waals surface area contributed by atoms with E-state index in [1.165, 1.54) is 0 Å². The summed E-state index contributed by atoms with van der Waals surface area (Å²) in [4.78, 5) is 14.0. The molecular weight excluding hydrogens is 282 g/mol. The van der Waals surface area contributed by atoms with Gasteiger partial charge in [0.05, 0.1) is 19.1 Å². The molecule has 0 saturated carbocycles. The number of amides is 1. The Bertz CT molecular complexity index is 456. The highest BCUT2D eigenvalue weighted by Crippen LogP contribution is 2.16. The average molecular weight is 307 g/mol. The van der Waals surface area contributed by atoms with Gasteiger partial charge in [-0.05, 0) is 38.4 Å². The molecule has 6 heteroatoms. The van der Waals surface area contributed by atoms with Crippen LogP contribution >= 0.6 is 0 Å². The molecule has 0 spiro atoms. The number of nitrogens with one attached hydrogen (secondary N) is 2. The fraction of sp³-hybridized carbons (Fsp3) is 0.562. The molecule has 0 aromatic heterocycles. The predicted molar refractivity (Wildman–Crippen MR) is 86.3 cm³/mol. The molecule has 1 aromatic carbocycles. The van der Waals surface area contributed by atoms with Crippen LogP contribution in [0.5, 0.6) is 5.75 Å². The topological polar surface area (TPSA) is 62.8 Å². The molecule has 1 aliphatic rings. The van der Waals surface area contributed by atoms with Gasteiger partial charge in [0.25, 0.3) is 0 Å². The lowest BCUT2D eigenvalue weighted by atomic mass is 10.2. The van der Waals surface area contributed by atoms with Crippen molar-refractivity contribution in [2.75, 3.05) is 52.3 Å². The van der Waals surface area contributed by atoms with Crippen molar-refractivity contribution in [3.8, 4) is 5.75 Å². The van der Waals surface area contributed by atoms with E-state index in [9.17, 15) is 4.79 Å². The van der Waals surface area contributed by atoms with Crippen molar-refractivity contribution in [2.45, 2.75) is 12.5 Å². The molecule has 1 unspecified atom stereocenters. The fourth-order valence-electron chi connectivity index (χ4n) is 2.15. The summed E-state index contributed by atoms with van der Waals surface area (Å²) < 4.78 is 11.1. The van der Waals surface area contributed by atoms with Crippen LogP contribution in [0.25, 0.3) is 0 Å². The maximum Gasteiger partial charge on any atom is 0.227 e. The fourth-order valence-corrected chi connectivity index (χ4v) is 2.15. The Morgan fingerprint density at radius 3 is 2.82 bits per heavy atom. The van der Waals surface area contributed by atoms with Crippen LogP contribution in [0.3, 0.4) is 0 Å². The predicted octanol–water partition coefficient (Wildman–Crippen LogP) is 0.944. The van der Waals surface area contributed by atoms with E-state index in [4.69, 9.17) is 9.47 Å². The first-order chi connectivity index (χ1) is 10.6. The molecular formula is C16H25N3O3. The number of morpholine rings is 1. The molecule has 1 fully saturated rings. The van der Waals surface area contributed by atoms with Gasteiger partial charge in [0.2, 0.25) is 5.91 Å². The highest BCUT2D eigenvalue weighted by molar-refractivity contribution is 5.91. The average Bonchev–Trinajstić information content (AvgIpc) is 2.49. The summed E-state index contributed by atoms with van der Waals surface area (Å²) in [6.45, 7) is 3.76. The molecule has 0 aliphatic carbocycles. The normalized spacial score (nSPS) is 18.2. The zero-order chi connectivity index (χ0) is 15.8. The minimum absolute atomic E-state index is 0.0324. The maximum atomic E-state index is 12.0. The van der Waals surface area contributed by atoms with Gasteiger partial charge in [-0.2, -0.15) is 0 Å². The Kier molecular flexibility index (Phi) is 6.64. The van der Waals surface area contributed by atoms with E-state index >= 15 is 0 Å². The first kappa shape index (κ1) is 16.7. The highest BCUT2D eigenvalue weighted by atomic mass is 16.5. The lowest BCUT2D eigenvalue weighted by molar-refractivity contribution is -0.119. The van der Waals surface area contributed by atoms with E-state index in [2.05, 4.69) is 15.5 Å². The van der Waals surface area contributed by atoms with Crippen LogP contribution < -0.4 is 15.4 Å². The van der Waals surface area contributed by atoms with E-state index in [0.717, 1.165) is 31.1 Å². The SMILES string of the molecule is CN(C)CCOc1ccc(NC(=O)CC2CNCCO2)cc1. The molecule has 1 atom stereocenters. The van der Waals surface area contributed by atoms with Gasteiger partial charge in [0, 0.05) is 25.3 Å². The molecule has 22 heavy (non-hydrogen) atoms. The van der Waals surface area contributed by atoms with Crippen LogP contribution in [-0.2, 0) is 9.53 Å². The largest absolute Gasteiger partial charge is 0.492 e. The Morgan fingerprint density at radius 1 is 1.41 bits per heavy atom. The second-order valence-corrected chi connectivity index (χ2v) is 5.63.